The summed E-state index contributed by atoms with van der Waals surface area (Å²) in [5.74, 6) is 1.09. The zero-order chi connectivity index (χ0) is 20.4. The van der Waals surface area contributed by atoms with Crippen molar-refractivity contribution in [1.82, 2.24) is 9.80 Å². The summed E-state index contributed by atoms with van der Waals surface area (Å²) in [6.45, 7) is 9.36. The van der Waals surface area contributed by atoms with Gasteiger partial charge in [-0.2, -0.15) is 0 Å². The van der Waals surface area contributed by atoms with Gasteiger partial charge in [0, 0.05) is 14.1 Å². The molecule has 0 aliphatic carbocycles. The molecule has 0 bridgehead atoms. The van der Waals surface area contributed by atoms with Gasteiger partial charge in [0.25, 0.3) is 0 Å². The average molecular weight is 368 g/mol. The van der Waals surface area contributed by atoms with Crippen LogP contribution in [0, 0.1) is 24.2 Å². The fourth-order valence-electron chi connectivity index (χ4n) is 2.73. The molecule has 0 aliphatic rings. The summed E-state index contributed by atoms with van der Waals surface area (Å²) < 4.78 is 10.1. The van der Waals surface area contributed by atoms with Crippen LogP contribution in [0.4, 0.5) is 4.79 Å². The first-order valence-corrected chi connectivity index (χ1v) is 8.86. The molecule has 0 rings (SSSR count). The largest absolute Gasteiger partial charge is 0.464 e. The zero-order valence-electron chi connectivity index (χ0n) is 16.9. The van der Waals surface area contributed by atoms with E-state index in [0.717, 1.165) is 0 Å². The van der Waals surface area contributed by atoms with Crippen LogP contribution in [0.3, 0.4) is 0 Å². The fourth-order valence-corrected chi connectivity index (χ4v) is 2.73. The molecule has 7 heteroatoms. The average Bonchev–Trinajstić information content (AvgIpc) is 2.56. The van der Waals surface area contributed by atoms with Crippen LogP contribution in [0.1, 0.15) is 41.0 Å². The maximum Gasteiger partial charge on any atom is 0.411 e. The third-order valence-electron chi connectivity index (χ3n) is 3.96. The Labute approximate surface area is 157 Å². The molecule has 0 aromatic carbocycles. The van der Waals surface area contributed by atoms with Gasteiger partial charge in [0.2, 0.25) is 5.91 Å². The minimum absolute atomic E-state index is 0.139. The second-order valence-corrected chi connectivity index (χ2v) is 6.86. The van der Waals surface area contributed by atoms with Gasteiger partial charge in [-0.25, -0.2) is 9.59 Å². The molecule has 7 nitrogen and oxygen atoms in total. The smallest absolute Gasteiger partial charge is 0.411 e. The van der Waals surface area contributed by atoms with E-state index in [1.165, 1.54) is 16.8 Å². The van der Waals surface area contributed by atoms with Gasteiger partial charge in [-0.3, -0.25) is 9.69 Å². The molecule has 0 N–H and O–H groups in total. The van der Waals surface area contributed by atoms with Gasteiger partial charge in [0.15, 0.2) is 6.61 Å². The number of nitrogens with zero attached hydrogens (tertiary/aromatic N) is 2. The number of carbonyl (C=O) groups excluding carboxylic acids is 3. The highest BCUT2D eigenvalue weighted by molar-refractivity contribution is 5.89. The second-order valence-electron chi connectivity index (χ2n) is 6.86. The van der Waals surface area contributed by atoms with Gasteiger partial charge in [0.1, 0.15) is 12.1 Å². The van der Waals surface area contributed by atoms with Crippen LogP contribution in [0.5, 0.6) is 0 Å². The molecule has 0 aliphatic heterocycles. The Hall–Kier alpha value is -2.23. The lowest BCUT2D eigenvalue weighted by molar-refractivity contribution is -0.158. The first-order valence-electron chi connectivity index (χ1n) is 8.86. The Kier molecular flexibility index (Phi) is 10.4. The Morgan fingerprint density at radius 2 is 1.50 bits per heavy atom. The highest BCUT2D eigenvalue weighted by Gasteiger charge is 2.38. The molecule has 0 radical (unpaired) electrons. The molecule has 26 heavy (non-hydrogen) atoms. The molecule has 148 valence electrons. The zero-order valence-corrected chi connectivity index (χ0v) is 16.9. The van der Waals surface area contributed by atoms with E-state index >= 15 is 0 Å². The van der Waals surface area contributed by atoms with Gasteiger partial charge < -0.3 is 14.4 Å². The summed E-state index contributed by atoms with van der Waals surface area (Å²) in [6.07, 6.45) is 5.11. The summed E-state index contributed by atoms with van der Waals surface area (Å²) in [5, 5.41) is 0. The topological polar surface area (TPSA) is 76.2 Å². The standard InChI is InChI=1S/C19H32N2O5/c1-9-11-25-18(23)16(14(5)6)20(7)17(22)15(13(3)4)21(8)19(24)26-12-10-2/h2,13-16H,9,11-12H2,1,3-8H3. The molecule has 0 fully saturated rings. The first kappa shape index (κ1) is 23.8. The van der Waals surface area contributed by atoms with Crippen LogP contribution in [0.2, 0.25) is 0 Å². The highest BCUT2D eigenvalue weighted by Crippen LogP contribution is 2.18. The molecule has 2 atom stereocenters. The van der Waals surface area contributed by atoms with Gasteiger partial charge in [0.05, 0.1) is 6.61 Å². The maximum atomic E-state index is 13.1. The van der Waals surface area contributed by atoms with E-state index in [1.54, 1.807) is 7.05 Å². The number of hydrogen-bond donors (Lipinski definition) is 0. The predicted octanol–water partition coefficient (Wildman–Crippen LogP) is 2.15. The third-order valence-corrected chi connectivity index (χ3v) is 3.96. The fraction of sp³-hybridized carbons (Fsp3) is 0.737. The van der Waals surface area contributed by atoms with E-state index in [2.05, 4.69) is 5.92 Å². The summed E-state index contributed by atoms with van der Waals surface area (Å²) in [5.41, 5.74) is 0. The molecule has 0 saturated carbocycles. The molecule has 0 saturated heterocycles. The molecular formula is C19H32N2O5. The quantitative estimate of drug-likeness (QED) is 0.460. The Bertz CT molecular complexity index is 525. The Balaban J connectivity index is 5.45. The van der Waals surface area contributed by atoms with Crippen molar-refractivity contribution in [2.24, 2.45) is 11.8 Å². The molecule has 0 aromatic rings. The number of amides is 2. The van der Waals surface area contributed by atoms with Crippen molar-refractivity contribution >= 4 is 18.0 Å². The monoisotopic (exact) mass is 368 g/mol. The van der Waals surface area contributed by atoms with E-state index < -0.39 is 24.1 Å². The lowest BCUT2D eigenvalue weighted by Gasteiger charge is -2.36. The van der Waals surface area contributed by atoms with Crippen molar-refractivity contribution in [1.29, 1.82) is 0 Å². The van der Waals surface area contributed by atoms with E-state index in [0.29, 0.717) is 13.0 Å². The predicted molar refractivity (Wildman–Crippen MR) is 99.2 cm³/mol. The van der Waals surface area contributed by atoms with Crippen molar-refractivity contribution in [2.45, 2.75) is 53.1 Å². The van der Waals surface area contributed by atoms with Crippen LogP contribution >= 0.6 is 0 Å². The molecular weight excluding hydrogens is 336 g/mol. The van der Waals surface area contributed by atoms with Gasteiger partial charge in [-0.1, -0.05) is 40.5 Å². The summed E-state index contributed by atoms with van der Waals surface area (Å²) in [6, 6.07) is -1.52. The maximum absolute atomic E-state index is 13.1. The van der Waals surface area contributed by atoms with E-state index in [-0.39, 0.29) is 24.3 Å². The van der Waals surface area contributed by atoms with Crippen LogP contribution in [0.25, 0.3) is 0 Å². The van der Waals surface area contributed by atoms with Crippen molar-refractivity contribution in [3.8, 4) is 12.3 Å². The summed E-state index contributed by atoms with van der Waals surface area (Å²) in [4.78, 5) is 40.1. The van der Waals surface area contributed by atoms with Crippen LogP contribution in [-0.4, -0.2) is 67.2 Å². The number of ether oxygens (including phenoxy) is 2. The van der Waals surface area contributed by atoms with Crippen LogP contribution < -0.4 is 0 Å². The van der Waals surface area contributed by atoms with Gasteiger partial charge in [-0.15, -0.1) is 6.42 Å². The number of esters is 1. The number of rotatable bonds is 9. The van der Waals surface area contributed by atoms with Gasteiger partial charge in [-0.05, 0) is 18.3 Å². The van der Waals surface area contributed by atoms with Crippen molar-refractivity contribution in [3.63, 3.8) is 0 Å². The van der Waals surface area contributed by atoms with Crippen molar-refractivity contribution < 1.29 is 23.9 Å². The minimum Gasteiger partial charge on any atom is -0.464 e. The van der Waals surface area contributed by atoms with E-state index in [1.807, 2.05) is 34.6 Å². The lowest BCUT2D eigenvalue weighted by Crippen LogP contribution is -2.56. The highest BCUT2D eigenvalue weighted by atomic mass is 16.6. The van der Waals surface area contributed by atoms with Crippen LogP contribution in [-0.2, 0) is 19.1 Å². The Morgan fingerprint density at radius 1 is 0.962 bits per heavy atom. The number of hydrogen-bond acceptors (Lipinski definition) is 5. The van der Waals surface area contributed by atoms with E-state index in [4.69, 9.17) is 15.9 Å². The van der Waals surface area contributed by atoms with Crippen molar-refractivity contribution in [3.05, 3.63) is 0 Å². The lowest BCUT2D eigenvalue weighted by atomic mass is 9.98. The van der Waals surface area contributed by atoms with Gasteiger partial charge >= 0.3 is 12.1 Å². The molecule has 0 heterocycles. The molecule has 2 amide bonds. The Morgan fingerprint density at radius 3 is 1.92 bits per heavy atom. The van der Waals surface area contributed by atoms with Crippen molar-refractivity contribution in [2.75, 3.05) is 27.3 Å². The number of likely N-dealkylation sites (N-methyl/N-ethyl adjacent to an activating group) is 2. The molecule has 2 unspecified atom stereocenters. The normalized spacial score (nSPS) is 12.9. The summed E-state index contributed by atoms with van der Waals surface area (Å²) in [7, 11) is 3.03. The number of carbonyl (C=O) groups is 3. The summed E-state index contributed by atoms with van der Waals surface area (Å²) >= 11 is 0. The second kappa shape index (κ2) is 11.4. The SMILES string of the molecule is C#CCOC(=O)N(C)C(C(=O)N(C)C(C(=O)OCCC)C(C)C)C(C)C. The third kappa shape index (κ3) is 6.58. The molecule has 0 spiro atoms. The number of terminal acetylenes is 1. The first-order chi connectivity index (χ1) is 12.1. The van der Waals surface area contributed by atoms with Crippen LogP contribution in [0.15, 0.2) is 0 Å². The molecule has 0 aromatic heterocycles. The minimum atomic E-state index is -0.787. The van der Waals surface area contributed by atoms with E-state index in [9.17, 15) is 14.4 Å².